The molecule has 110 valence electrons. The van der Waals surface area contributed by atoms with Gasteiger partial charge in [0.2, 0.25) is 0 Å². The number of carbonyl (C=O) groups excluding carboxylic acids is 1. The van der Waals surface area contributed by atoms with Crippen molar-refractivity contribution in [1.29, 1.82) is 0 Å². The van der Waals surface area contributed by atoms with E-state index in [1.807, 2.05) is 30.3 Å². The molecule has 0 aliphatic rings. The van der Waals surface area contributed by atoms with Crippen LogP contribution in [0.25, 0.3) is 11.3 Å². The minimum Gasteiger partial charge on any atom is -0.293 e. The zero-order chi connectivity index (χ0) is 15.5. The lowest BCUT2D eigenvalue weighted by atomic mass is 10.1. The molecule has 2 aromatic carbocycles. The summed E-state index contributed by atoms with van der Waals surface area (Å²) in [5.74, 6) is -0.472. The summed E-state index contributed by atoms with van der Waals surface area (Å²) in [6.45, 7) is 1.67. The molecular weight excluding hydrogens is 281 g/mol. The van der Waals surface area contributed by atoms with Crippen LogP contribution in [0.4, 0.5) is 4.39 Å². The van der Waals surface area contributed by atoms with E-state index in [1.165, 1.54) is 13.0 Å². The second kappa shape index (κ2) is 5.89. The molecule has 0 aliphatic carbocycles. The minimum absolute atomic E-state index is 0.168. The number of rotatable bonds is 4. The van der Waals surface area contributed by atoms with Crippen molar-refractivity contribution in [1.82, 2.24) is 15.0 Å². The molecule has 1 aromatic heterocycles. The molecule has 0 amide bonds. The molecule has 0 atom stereocenters. The first-order valence-corrected chi connectivity index (χ1v) is 6.90. The van der Waals surface area contributed by atoms with E-state index in [0.717, 1.165) is 5.56 Å². The highest BCUT2D eigenvalue weighted by Gasteiger charge is 2.18. The number of carbonyl (C=O) groups is 1. The van der Waals surface area contributed by atoms with Gasteiger partial charge >= 0.3 is 0 Å². The van der Waals surface area contributed by atoms with Crippen LogP contribution in [0, 0.1) is 5.82 Å². The quantitative estimate of drug-likeness (QED) is 0.694. The second-order valence-corrected chi connectivity index (χ2v) is 4.96. The molecule has 5 heteroatoms. The van der Waals surface area contributed by atoms with Gasteiger partial charge in [0.25, 0.3) is 0 Å². The summed E-state index contributed by atoms with van der Waals surface area (Å²) in [6, 6.07) is 15.9. The SMILES string of the molecule is CC(=O)c1nnn(Cc2ccccc2F)c1-c1ccccc1. The van der Waals surface area contributed by atoms with E-state index in [0.29, 0.717) is 17.0 Å². The smallest absolute Gasteiger partial charge is 0.182 e. The molecule has 0 saturated carbocycles. The van der Waals surface area contributed by atoms with Crippen molar-refractivity contribution in [2.75, 3.05) is 0 Å². The van der Waals surface area contributed by atoms with Gasteiger partial charge in [0.1, 0.15) is 5.82 Å². The summed E-state index contributed by atoms with van der Waals surface area (Å²) in [4.78, 5) is 11.8. The Morgan fingerprint density at radius 1 is 1.09 bits per heavy atom. The largest absolute Gasteiger partial charge is 0.293 e. The highest BCUT2D eigenvalue weighted by Crippen LogP contribution is 2.23. The van der Waals surface area contributed by atoms with Crippen LogP contribution in [-0.2, 0) is 6.54 Å². The predicted molar refractivity (Wildman–Crippen MR) is 81.0 cm³/mol. The maximum absolute atomic E-state index is 13.8. The van der Waals surface area contributed by atoms with Gasteiger partial charge in [-0.05, 0) is 6.07 Å². The fraction of sp³-hybridized carbons (Fsp3) is 0.118. The lowest BCUT2D eigenvalue weighted by Crippen LogP contribution is -2.06. The Labute approximate surface area is 127 Å². The van der Waals surface area contributed by atoms with E-state index in [-0.39, 0.29) is 18.1 Å². The van der Waals surface area contributed by atoms with Gasteiger partial charge in [-0.1, -0.05) is 53.7 Å². The fourth-order valence-electron chi connectivity index (χ4n) is 2.33. The number of benzene rings is 2. The van der Waals surface area contributed by atoms with Crippen molar-refractivity contribution in [3.05, 3.63) is 71.7 Å². The molecule has 0 radical (unpaired) electrons. The molecule has 0 spiro atoms. The normalized spacial score (nSPS) is 10.6. The van der Waals surface area contributed by atoms with Crippen molar-refractivity contribution >= 4 is 5.78 Å². The molecular formula is C17H14FN3O. The Morgan fingerprint density at radius 3 is 2.45 bits per heavy atom. The van der Waals surface area contributed by atoms with Crippen LogP contribution in [0.1, 0.15) is 23.0 Å². The molecule has 3 rings (SSSR count). The standard InChI is InChI=1S/C17H14FN3O/c1-12(22)16-17(13-7-3-2-4-8-13)21(20-19-16)11-14-9-5-6-10-15(14)18/h2-10H,11H2,1H3. The van der Waals surface area contributed by atoms with Gasteiger partial charge in [0.05, 0.1) is 12.2 Å². The molecule has 0 bridgehead atoms. The van der Waals surface area contributed by atoms with E-state index in [1.54, 1.807) is 22.9 Å². The summed E-state index contributed by atoms with van der Waals surface area (Å²) < 4.78 is 15.4. The van der Waals surface area contributed by atoms with Gasteiger partial charge in [0.15, 0.2) is 11.5 Å². The number of Topliss-reactive ketones (excluding diaryl/α,β-unsaturated/α-hetero) is 1. The van der Waals surface area contributed by atoms with Gasteiger partial charge in [0, 0.05) is 18.1 Å². The van der Waals surface area contributed by atoms with Crippen molar-refractivity contribution in [3.8, 4) is 11.3 Å². The predicted octanol–water partition coefficient (Wildman–Crippen LogP) is 3.34. The zero-order valence-electron chi connectivity index (χ0n) is 12.0. The first-order chi connectivity index (χ1) is 10.7. The van der Waals surface area contributed by atoms with Gasteiger partial charge in [-0.2, -0.15) is 0 Å². The lowest BCUT2D eigenvalue weighted by molar-refractivity contribution is 0.101. The summed E-state index contributed by atoms with van der Waals surface area (Å²) >= 11 is 0. The van der Waals surface area contributed by atoms with Gasteiger partial charge in [-0.25, -0.2) is 9.07 Å². The molecule has 4 nitrogen and oxygen atoms in total. The average molecular weight is 295 g/mol. The first-order valence-electron chi connectivity index (χ1n) is 6.90. The fourth-order valence-corrected chi connectivity index (χ4v) is 2.33. The Hall–Kier alpha value is -2.82. The molecule has 22 heavy (non-hydrogen) atoms. The highest BCUT2D eigenvalue weighted by atomic mass is 19.1. The Morgan fingerprint density at radius 2 is 1.77 bits per heavy atom. The molecule has 0 saturated heterocycles. The first kappa shape index (κ1) is 14.1. The van der Waals surface area contributed by atoms with Crippen molar-refractivity contribution < 1.29 is 9.18 Å². The molecule has 0 N–H and O–H groups in total. The van der Waals surface area contributed by atoms with Crippen LogP contribution < -0.4 is 0 Å². The molecule has 0 unspecified atom stereocenters. The summed E-state index contributed by atoms with van der Waals surface area (Å²) in [7, 11) is 0. The highest BCUT2D eigenvalue weighted by molar-refractivity contribution is 5.97. The minimum atomic E-state index is -0.304. The third-order valence-corrected chi connectivity index (χ3v) is 3.39. The third-order valence-electron chi connectivity index (χ3n) is 3.39. The van der Waals surface area contributed by atoms with Crippen LogP contribution in [0.15, 0.2) is 54.6 Å². The maximum Gasteiger partial charge on any atom is 0.182 e. The van der Waals surface area contributed by atoms with Gasteiger partial charge in [-0.3, -0.25) is 4.79 Å². The Kier molecular flexibility index (Phi) is 3.78. The van der Waals surface area contributed by atoms with E-state index >= 15 is 0 Å². The van der Waals surface area contributed by atoms with E-state index in [9.17, 15) is 9.18 Å². The summed E-state index contributed by atoms with van der Waals surface area (Å²) in [6.07, 6.45) is 0. The number of hydrogen-bond donors (Lipinski definition) is 0. The monoisotopic (exact) mass is 295 g/mol. The maximum atomic E-state index is 13.8. The van der Waals surface area contributed by atoms with E-state index in [4.69, 9.17) is 0 Å². The average Bonchev–Trinajstić information content (AvgIpc) is 2.94. The number of ketones is 1. The van der Waals surface area contributed by atoms with Crippen molar-refractivity contribution in [3.63, 3.8) is 0 Å². The lowest BCUT2D eigenvalue weighted by Gasteiger charge is -2.08. The number of aromatic nitrogens is 3. The van der Waals surface area contributed by atoms with Crippen LogP contribution in [-0.4, -0.2) is 20.8 Å². The molecule has 0 fully saturated rings. The van der Waals surface area contributed by atoms with Crippen LogP contribution >= 0.6 is 0 Å². The molecule has 1 heterocycles. The number of nitrogens with zero attached hydrogens (tertiary/aromatic N) is 3. The van der Waals surface area contributed by atoms with Crippen LogP contribution in [0.5, 0.6) is 0 Å². The van der Waals surface area contributed by atoms with Crippen molar-refractivity contribution in [2.24, 2.45) is 0 Å². The van der Waals surface area contributed by atoms with Crippen molar-refractivity contribution in [2.45, 2.75) is 13.5 Å². The summed E-state index contributed by atoms with van der Waals surface area (Å²) in [5, 5.41) is 7.99. The topological polar surface area (TPSA) is 47.8 Å². The van der Waals surface area contributed by atoms with Gasteiger partial charge < -0.3 is 0 Å². The Balaban J connectivity index is 2.09. The Bertz CT molecular complexity index is 812. The van der Waals surface area contributed by atoms with Gasteiger partial charge in [-0.15, -0.1) is 5.10 Å². The number of hydrogen-bond acceptors (Lipinski definition) is 3. The van der Waals surface area contributed by atoms with Crippen LogP contribution in [0.3, 0.4) is 0 Å². The van der Waals surface area contributed by atoms with E-state index in [2.05, 4.69) is 10.3 Å². The molecule has 3 aromatic rings. The number of halogens is 1. The summed E-state index contributed by atoms with van der Waals surface area (Å²) in [5.41, 5.74) is 2.23. The second-order valence-electron chi connectivity index (χ2n) is 4.96. The zero-order valence-corrected chi connectivity index (χ0v) is 12.0. The van der Waals surface area contributed by atoms with E-state index < -0.39 is 0 Å². The molecule has 0 aliphatic heterocycles. The van der Waals surface area contributed by atoms with Crippen LogP contribution in [0.2, 0.25) is 0 Å². The third kappa shape index (κ3) is 2.65.